The molecule has 5 nitrogen and oxygen atoms in total. The van der Waals surface area contributed by atoms with Crippen LogP contribution in [0.25, 0.3) is 0 Å². The van der Waals surface area contributed by atoms with E-state index in [0.29, 0.717) is 11.4 Å². The van der Waals surface area contributed by atoms with Gasteiger partial charge in [-0.15, -0.1) is 0 Å². The lowest BCUT2D eigenvalue weighted by Crippen LogP contribution is -2.08. The highest BCUT2D eigenvalue weighted by molar-refractivity contribution is 7.91. The molecule has 1 aromatic carbocycles. The van der Waals surface area contributed by atoms with Crippen molar-refractivity contribution in [2.24, 2.45) is 0 Å². The SMILES string of the molecule is CCCS(=O)(=O)c1ccc(Cl)cc1NC=C(C#N)C#N. The van der Waals surface area contributed by atoms with Crippen LogP contribution in [0.3, 0.4) is 0 Å². The summed E-state index contributed by atoms with van der Waals surface area (Å²) in [4.78, 5) is 0.0928. The molecule has 7 heteroatoms. The van der Waals surface area contributed by atoms with E-state index in [1.54, 1.807) is 19.1 Å². The van der Waals surface area contributed by atoms with Gasteiger partial charge in [0.15, 0.2) is 9.84 Å². The van der Waals surface area contributed by atoms with Crippen molar-refractivity contribution in [3.8, 4) is 12.1 Å². The normalized spacial score (nSPS) is 10.2. The molecule has 0 unspecified atom stereocenters. The molecule has 104 valence electrons. The van der Waals surface area contributed by atoms with Crippen LogP contribution in [0, 0.1) is 22.7 Å². The maximum Gasteiger partial charge on any atom is 0.180 e. The first-order valence-corrected chi connectivity index (χ1v) is 7.77. The largest absolute Gasteiger partial charge is 0.359 e. The zero-order valence-corrected chi connectivity index (χ0v) is 12.3. The summed E-state index contributed by atoms with van der Waals surface area (Å²) in [6.45, 7) is 1.77. The molecular weight excluding hydrogens is 298 g/mol. The number of hydrogen-bond acceptors (Lipinski definition) is 5. The van der Waals surface area contributed by atoms with Crippen LogP contribution in [-0.2, 0) is 9.84 Å². The molecule has 0 aliphatic heterocycles. The van der Waals surface area contributed by atoms with Crippen molar-refractivity contribution in [2.45, 2.75) is 18.2 Å². The monoisotopic (exact) mass is 309 g/mol. The van der Waals surface area contributed by atoms with Gasteiger partial charge in [-0.1, -0.05) is 18.5 Å². The molecule has 20 heavy (non-hydrogen) atoms. The molecule has 1 N–H and O–H groups in total. The minimum Gasteiger partial charge on any atom is -0.359 e. The third kappa shape index (κ3) is 3.99. The third-order valence-corrected chi connectivity index (χ3v) is 4.57. The molecule has 1 rings (SSSR count). The average Bonchev–Trinajstić information content (AvgIpc) is 2.39. The summed E-state index contributed by atoms with van der Waals surface area (Å²) in [5, 5.41) is 20.3. The van der Waals surface area contributed by atoms with E-state index >= 15 is 0 Å². The molecule has 0 saturated carbocycles. The second-order valence-electron chi connectivity index (χ2n) is 3.89. The second kappa shape index (κ2) is 6.95. The summed E-state index contributed by atoms with van der Waals surface area (Å²) in [5.41, 5.74) is 0.0813. The van der Waals surface area contributed by atoms with Crippen LogP contribution >= 0.6 is 11.6 Å². The molecule has 0 spiro atoms. The summed E-state index contributed by atoms with van der Waals surface area (Å²) < 4.78 is 24.2. The second-order valence-corrected chi connectivity index (χ2v) is 6.40. The number of anilines is 1. The van der Waals surface area contributed by atoms with Crippen LogP contribution in [0.5, 0.6) is 0 Å². The van der Waals surface area contributed by atoms with Crippen LogP contribution in [0.2, 0.25) is 5.02 Å². The van der Waals surface area contributed by atoms with E-state index in [-0.39, 0.29) is 21.9 Å². The first-order chi connectivity index (χ1) is 9.44. The van der Waals surface area contributed by atoms with Crippen LogP contribution in [0.15, 0.2) is 34.9 Å². The molecule has 1 aromatic rings. The van der Waals surface area contributed by atoms with Gasteiger partial charge in [0.05, 0.1) is 16.3 Å². The van der Waals surface area contributed by atoms with Gasteiger partial charge in [-0.05, 0) is 24.6 Å². The fraction of sp³-hybridized carbons (Fsp3) is 0.231. The van der Waals surface area contributed by atoms with Crippen molar-refractivity contribution in [3.05, 3.63) is 35.0 Å². The Balaban J connectivity index is 3.27. The van der Waals surface area contributed by atoms with Gasteiger partial charge in [0.25, 0.3) is 0 Å². The number of rotatable bonds is 5. The number of hydrogen-bond donors (Lipinski definition) is 1. The van der Waals surface area contributed by atoms with Crippen molar-refractivity contribution in [2.75, 3.05) is 11.1 Å². The Hall–Kier alpha value is -2.02. The van der Waals surface area contributed by atoms with Gasteiger partial charge in [-0.25, -0.2) is 8.42 Å². The molecule has 0 aromatic heterocycles. The van der Waals surface area contributed by atoms with E-state index in [0.717, 1.165) is 6.20 Å². The zero-order valence-electron chi connectivity index (χ0n) is 10.7. The quantitative estimate of drug-likeness (QED) is 0.844. The predicted molar refractivity (Wildman–Crippen MR) is 76.7 cm³/mol. The van der Waals surface area contributed by atoms with E-state index < -0.39 is 9.84 Å². The Kier molecular flexibility index (Phi) is 5.57. The summed E-state index contributed by atoms with van der Waals surface area (Å²) in [7, 11) is -3.44. The number of allylic oxidation sites excluding steroid dienone is 1. The minimum atomic E-state index is -3.44. The van der Waals surface area contributed by atoms with E-state index in [1.165, 1.54) is 18.2 Å². The molecule has 0 heterocycles. The molecule has 0 saturated heterocycles. The maximum atomic E-state index is 12.1. The van der Waals surface area contributed by atoms with Crippen LogP contribution in [-0.4, -0.2) is 14.2 Å². The third-order valence-electron chi connectivity index (χ3n) is 2.36. The van der Waals surface area contributed by atoms with Gasteiger partial charge in [0.1, 0.15) is 17.7 Å². The number of nitrogens with one attached hydrogen (secondary N) is 1. The Morgan fingerprint density at radius 1 is 1.40 bits per heavy atom. The van der Waals surface area contributed by atoms with Crippen LogP contribution < -0.4 is 5.32 Å². The average molecular weight is 310 g/mol. The standard InChI is InChI=1S/C13H12ClN3O2S/c1-2-5-20(18,19)13-4-3-11(14)6-12(13)17-9-10(7-15)8-16/h3-4,6,9,17H,2,5H2,1H3. The summed E-state index contributed by atoms with van der Waals surface area (Å²) in [5.74, 6) is 0.0103. The summed E-state index contributed by atoms with van der Waals surface area (Å²) in [6.07, 6.45) is 1.64. The van der Waals surface area contributed by atoms with Gasteiger partial charge in [0, 0.05) is 11.2 Å². The van der Waals surface area contributed by atoms with Crippen molar-refractivity contribution < 1.29 is 8.42 Å². The maximum absolute atomic E-state index is 12.1. The Bertz CT molecular complexity index is 696. The van der Waals surface area contributed by atoms with Gasteiger partial charge >= 0.3 is 0 Å². The zero-order chi connectivity index (χ0) is 15.2. The van der Waals surface area contributed by atoms with Crippen molar-refractivity contribution >= 4 is 27.1 Å². The number of halogens is 1. The topological polar surface area (TPSA) is 93.8 Å². The van der Waals surface area contributed by atoms with Gasteiger partial charge in [-0.3, -0.25) is 0 Å². The molecule has 0 aliphatic carbocycles. The van der Waals surface area contributed by atoms with Gasteiger partial charge < -0.3 is 5.32 Å². The van der Waals surface area contributed by atoms with E-state index in [2.05, 4.69) is 5.32 Å². The fourth-order valence-electron chi connectivity index (χ4n) is 1.50. The lowest BCUT2D eigenvalue weighted by molar-refractivity contribution is 0.595. The number of nitriles is 2. The Morgan fingerprint density at radius 3 is 2.60 bits per heavy atom. The highest BCUT2D eigenvalue weighted by Crippen LogP contribution is 2.26. The minimum absolute atomic E-state index is 0.0103. The van der Waals surface area contributed by atoms with Gasteiger partial charge in [0.2, 0.25) is 0 Å². The Labute approximate surface area is 123 Å². The van der Waals surface area contributed by atoms with Crippen molar-refractivity contribution in [1.82, 2.24) is 0 Å². The van der Waals surface area contributed by atoms with E-state index in [4.69, 9.17) is 22.1 Å². The number of nitrogens with zero attached hydrogens (tertiary/aromatic N) is 2. The number of sulfone groups is 1. The van der Waals surface area contributed by atoms with Gasteiger partial charge in [-0.2, -0.15) is 10.5 Å². The highest BCUT2D eigenvalue weighted by atomic mass is 35.5. The van der Waals surface area contributed by atoms with Crippen LogP contribution in [0.1, 0.15) is 13.3 Å². The summed E-state index contributed by atoms with van der Waals surface area (Å²) in [6, 6.07) is 7.67. The molecule has 0 amide bonds. The smallest absolute Gasteiger partial charge is 0.180 e. The predicted octanol–water partition coefficient (Wildman–Crippen LogP) is 2.87. The lowest BCUT2D eigenvalue weighted by Gasteiger charge is -2.10. The number of benzene rings is 1. The van der Waals surface area contributed by atoms with E-state index in [1.807, 2.05) is 0 Å². The molecular formula is C13H12ClN3O2S. The molecule has 0 bridgehead atoms. The van der Waals surface area contributed by atoms with E-state index in [9.17, 15) is 8.42 Å². The molecule has 0 fully saturated rings. The summed E-state index contributed by atoms with van der Waals surface area (Å²) >= 11 is 5.84. The Morgan fingerprint density at radius 2 is 2.05 bits per heavy atom. The molecule has 0 radical (unpaired) electrons. The molecule has 0 aliphatic rings. The van der Waals surface area contributed by atoms with Crippen molar-refractivity contribution in [3.63, 3.8) is 0 Å². The first kappa shape index (κ1) is 16.0. The van der Waals surface area contributed by atoms with Crippen molar-refractivity contribution in [1.29, 1.82) is 10.5 Å². The first-order valence-electron chi connectivity index (χ1n) is 5.73. The molecule has 0 atom stereocenters. The van der Waals surface area contributed by atoms with Crippen LogP contribution in [0.4, 0.5) is 5.69 Å². The lowest BCUT2D eigenvalue weighted by atomic mass is 10.3. The fourth-order valence-corrected chi connectivity index (χ4v) is 3.16. The highest BCUT2D eigenvalue weighted by Gasteiger charge is 2.17.